The zero-order valence-corrected chi connectivity index (χ0v) is 15.3. The van der Waals surface area contributed by atoms with Crippen LogP contribution in [-0.2, 0) is 20.0 Å². The second-order valence-electron chi connectivity index (χ2n) is 6.42. The van der Waals surface area contributed by atoms with Crippen LogP contribution >= 0.6 is 0 Å². The summed E-state index contributed by atoms with van der Waals surface area (Å²) in [7, 11) is 1.68. The second-order valence-corrected chi connectivity index (χ2v) is 6.42. The van der Waals surface area contributed by atoms with Crippen LogP contribution in [0.4, 0.5) is 0 Å². The van der Waals surface area contributed by atoms with E-state index in [1.165, 1.54) is 10.6 Å². The van der Waals surface area contributed by atoms with Crippen molar-refractivity contribution in [3.63, 3.8) is 0 Å². The Hall–Kier alpha value is -3.74. The lowest BCUT2D eigenvalue weighted by molar-refractivity contribution is 0.0947. The van der Waals surface area contributed by atoms with Crippen molar-refractivity contribution in [1.29, 1.82) is 0 Å². The van der Waals surface area contributed by atoms with Crippen LogP contribution in [0.25, 0.3) is 10.9 Å². The number of para-hydroxylation sites is 1. The minimum Gasteiger partial charge on any atom is -0.343 e. The number of benzene rings is 2. The minimum atomic E-state index is -0.364. The molecule has 1 N–H and O–H groups in total. The third kappa shape index (κ3) is 3.55. The van der Waals surface area contributed by atoms with Gasteiger partial charge in [-0.3, -0.25) is 9.59 Å². The van der Waals surface area contributed by atoms with Gasteiger partial charge in [0.1, 0.15) is 0 Å². The molecule has 1 amide bonds. The third-order valence-corrected chi connectivity index (χ3v) is 4.51. The highest BCUT2D eigenvalue weighted by atomic mass is 16.5. The molecular formula is C21H18N4O3. The number of hydrogen-bond acceptors (Lipinski definition) is 5. The first kappa shape index (κ1) is 17.7. The van der Waals surface area contributed by atoms with Crippen LogP contribution in [0.3, 0.4) is 0 Å². The number of carbonyl (C=O) groups excluding carboxylic acids is 1. The van der Waals surface area contributed by atoms with Crippen molar-refractivity contribution < 1.29 is 9.32 Å². The molecule has 0 radical (unpaired) electrons. The molecule has 0 atom stereocenters. The minimum absolute atomic E-state index is 0.0875. The highest BCUT2D eigenvalue weighted by Crippen LogP contribution is 2.16. The van der Waals surface area contributed by atoms with Crippen molar-refractivity contribution in [3.05, 3.63) is 93.9 Å². The summed E-state index contributed by atoms with van der Waals surface area (Å²) >= 11 is 0. The van der Waals surface area contributed by atoms with Gasteiger partial charge in [0.25, 0.3) is 11.5 Å². The van der Waals surface area contributed by atoms with Gasteiger partial charge in [-0.05, 0) is 11.6 Å². The number of carbonyl (C=O) groups is 1. The molecule has 0 unspecified atom stereocenters. The number of aromatic nitrogens is 3. The number of fused-ring (bicyclic) bond motifs is 1. The first-order valence-electron chi connectivity index (χ1n) is 8.84. The smallest absolute Gasteiger partial charge is 0.252 e. The number of nitrogens with one attached hydrogen (secondary N) is 1. The van der Waals surface area contributed by atoms with Crippen LogP contribution in [0.2, 0.25) is 0 Å². The van der Waals surface area contributed by atoms with Crippen LogP contribution in [0.5, 0.6) is 0 Å². The normalized spacial score (nSPS) is 10.9. The van der Waals surface area contributed by atoms with Crippen LogP contribution in [0.1, 0.15) is 27.6 Å². The molecule has 0 fully saturated rings. The van der Waals surface area contributed by atoms with Crippen molar-refractivity contribution in [2.24, 2.45) is 7.05 Å². The van der Waals surface area contributed by atoms with E-state index in [1.54, 1.807) is 13.1 Å². The highest BCUT2D eigenvalue weighted by Gasteiger charge is 2.15. The summed E-state index contributed by atoms with van der Waals surface area (Å²) in [5.74, 6) is 0.499. The van der Waals surface area contributed by atoms with Crippen molar-refractivity contribution in [2.75, 3.05) is 0 Å². The van der Waals surface area contributed by atoms with Crippen LogP contribution in [0, 0.1) is 0 Å². The highest BCUT2D eigenvalue weighted by molar-refractivity contribution is 6.06. The molecule has 2 aromatic heterocycles. The summed E-state index contributed by atoms with van der Waals surface area (Å²) in [6, 6.07) is 18.4. The van der Waals surface area contributed by atoms with Crippen molar-refractivity contribution in [1.82, 2.24) is 20.0 Å². The molecule has 0 spiro atoms. The zero-order valence-electron chi connectivity index (χ0n) is 15.3. The van der Waals surface area contributed by atoms with Gasteiger partial charge in [0, 0.05) is 24.9 Å². The molecule has 0 saturated carbocycles. The van der Waals surface area contributed by atoms with Crippen molar-refractivity contribution >= 4 is 16.8 Å². The average molecular weight is 374 g/mol. The molecule has 0 bridgehead atoms. The quantitative estimate of drug-likeness (QED) is 0.579. The molecule has 7 heteroatoms. The van der Waals surface area contributed by atoms with Gasteiger partial charge in [-0.1, -0.05) is 53.7 Å². The number of nitrogens with zero attached hydrogens (tertiary/aromatic N) is 3. The zero-order chi connectivity index (χ0) is 19.5. The summed E-state index contributed by atoms with van der Waals surface area (Å²) < 4.78 is 6.73. The fourth-order valence-electron chi connectivity index (χ4n) is 3.06. The van der Waals surface area contributed by atoms with Gasteiger partial charge in [0.05, 0.1) is 17.6 Å². The standard InChI is InChI=1S/C21H18N4O3/c1-25-17-10-6-5-9-15(17)16(12-20(25)26)21(27)22-13-19-23-18(24-28-19)11-14-7-3-2-4-8-14/h2-10,12H,11,13H2,1H3,(H,22,27). The van der Waals surface area contributed by atoms with E-state index in [0.717, 1.165) is 5.56 Å². The molecule has 0 saturated heterocycles. The van der Waals surface area contributed by atoms with Gasteiger partial charge in [-0.25, -0.2) is 0 Å². The van der Waals surface area contributed by atoms with Crippen LogP contribution in [0.15, 0.2) is 70.0 Å². The Labute approximate surface area is 160 Å². The molecule has 28 heavy (non-hydrogen) atoms. The lowest BCUT2D eigenvalue weighted by Crippen LogP contribution is -2.26. The van der Waals surface area contributed by atoms with E-state index >= 15 is 0 Å². The van der Waals surface area contributed by atoms with Gasteiger partial charge in [0.15, 0.2) is 5.82 Å². The van der Waals surface area contributed by atoms with E-state index < -0.39 is 0 Å². The first-order chi connectivity index (χ1) is 13.6. The number of rotatable bonds is 5. The van der Waals surface area contributed by atoms with Gasteiger partial charge in [-0.2, -0.15) is 4.98 Å². The molecule has 0 aliphatic heterocycles. The molecule has 0 aliphatic carbocycles. The Morgan fingerprint density at radius 2 is 1.86 bits per heavy atom. The van der Waals surface area contributed by atoms with Gasteiger partial charge in [-0.15, -0.1) is 0 Å². The molecule has 4 aromatic rings. The summed E-state index contributed by atoms with van der Waals surface area (Å²) in [5.41, 5.74) is 1.85. The molecule has 7 nitrogen and oxygen atoms in total. The summed E-state index contributed by atoms with van der Waals surface area (Å²) in [6.45, 7) is 0.0875. The summed E-state index contributed by atoms with van der Waals surface area (Å²) in [5, 5.41) is 7.40. The van der Waals surface area contributed by atoms with E-state index in [0.29, 0.717) is 34.6 Å². The maximum absolute atomic E-state index is 12.6. The maximum atomic E-state index is 12.6. The molecular weight excluding hydrogens is 356 g/mol. The van der Waals surface area contributed by atoms with E-state index in [-0.39, 0.29) is 18.0 Å². The van der Waals surface area contributed by atoms with Gasteiger partial charge in [0.2, 0.25) is 5.89 Å². The Kier molecular flexibility index (Phi) is 4.72. The van der Waals surface area contributed by atoms with E-state index in [1.807, 2.05) is 48.5 Å². The first-order valence-corrected chi connectivity index (χ1v) is 8.84. The molecule has 2 aromatic carbocycles. The SMILES string of the molecule is Cn1c(=O)cc(C(=O)NCc2nc(Cc3ccccc3)no2)c2ccccc21. The third-order valence-electron chi connectivity index (χ3n) is 4.51. The summed E-state index contributed by atoms with van der Waals surface area (Å²) in [6.07, 6.45) is 0.553. The Morgan fingerprint density at radius 1 is 1.11 bits per heavy atom. The topological polar surface area (TPSA) is 90.0 Å². The number of aryl methyl sites for hydroxylation is 1. The molecule has 2 heterocycles. The van der Waals surface area contributed by atoms with E-state index in [4.69, 9.17) is 4.52 Å². The number of amides is 1. The molecule has 140 valence electrons. The fraction of sp³-hybridized carbons (Fsp3) is 0.143. The van der Waals surface area contributed by atoms with Crippen LogP contribution < -0.4 is 10.9 Å². The fourth-order valence-corrected chi connectivity index (χ4v) is 3.06. The summed E-state index contributed by atoms with van der Waals surface area (Å²) in [4.78, 5) is 29.1. The monoisotopic (exact) mass is 374 g/mol. The molecule has 4 rings (SSSR count). The van der Waals surface area contributed by atoms with Gasteiger partial charge >= 0.3 is 0 Å². The Balaban J connectivity index is 1.49. The number of hydrogen-bond donors (Lipinski definition) is 1. The van der Waals surface area contributed by atoms with E-state index in [9.17, 15) is 9.59 Å². The van der Waals surface area contributed by atoms with E-state index in [2.05, 4.69) is 15.5 Å². The maximum Gasteiger partial charge on any atom is 0.252 e. The lowest BCUT2D eigenvalue weighted by atomic mass is 10.1. The lowest BCUT2D eigenvalue weighted by Gasteiger charge is -2.09. The Bertz CT molecular complexity index is 1200. The van der Waals surface area contributed by atoms with Crippen molar-refractivity contribution in [3.8, 4) is 0 Å². The largest absolute Gasteiger partial charge is 0.343 e. The van der Waals surface area contributed by atoms with Crippen LogP contribution in [-0.4, -0.2) is 20.6 Å². The van der Waals surface area contributed by atoms with Gasteiger partial charge < -0.3 is 14.4 Å². The predicted octanol–water partition coefficient (Wildman–Crippen LogP) is 2.44. The predicted molar refractivity (Wildman–Crippen MR) is 104 cm³/mol. The average Bonchev–Trinajstić information content (AvgIpc) is 3.17. The second kappa shape index (κ2) is 7.48. The number of pyridine rings is 1. The Morgan fingerprint density at radius 3 is 2.68 bits per heavy atom. The van der Waals surface area contributed by atoms with Crippen molar-refractivity contribution in [2.45, 2.75) is 13.0 Å². The molecule has 0 aliphatic rings.